The number of carboxylic acid groups (broad SMARTS) is 2. The number of rotatable bonds is 7. The highest BCUT2D eigenvalue weighted by Gasteiger charge is 2.46. The summed E-state index contributed by atoms with van der Waals surface area (Å²) in [5.41, 5.74) is 3.44. The smallest absolute Gasteiger partial charge is 0.357 e. The number of nitrogens with two attached hydrogens (primary N) is 1. The van der Waals surface area contributed by atoms with Gasteiger partial charge in [-0.25, -0.2) is 19.4 Å². The van der Waals surface area contributed by atoms with Crippen molar-refractivity contribution in [1.29, 1.82) is 0 Å². The fraction of sp³-hybridized carbons (Fsp3) is 0.250. The highest BCUT2D eigenvalue weighted by atomic mass is 31.2. The second-order valence-electron chi connectivity index (χ2n) is 4.34. The van der Waals surface area contributed by atoms with Gasteiger partial charge in [-0.15, -0.1) is 0 Å². The lowest BCUT2D eigenvalue weighted by Crippen LogP contribution is -2.31. The summed E-state index contributed by atoms with van der Waals surface area (Å²) in [7, 11) is -4.16. The first-order chi connectivity index (χ1) is 9.66. The normalized spacial score (nSPS) is 12.7. The maximum atomic E-state index is 12.1. The monoisotopic (exact) mass is 316 g/mol. The maximum Gasteiger partial charge on any atom is 0.357 e. The molecule has 0 saturated carbocycles. The molecule has 8 nitrogen and oxygen atoms in total. The molecule has 114 valence electrons. The van der Waals surface area contributed by atoms with Crippen LogP contribution in [0.2, 0.25) is 0 Å². The van der Waals surface area contributed by atoms with E-state index < -0.39 is 37.4 Å². The Morgan fingerprint density at radius 1 is 1.10 bits per heavy atom. The van der Waals surface area contributed by atoms with E-state index in [0.717, 1.165) is 0 Å². The van der Waals surface area contributed by atoms with Gasteiger partial charge < -0.3 is 15.9 Å². The Morgan fingerprint density at radius 2 is 1.62 bits per heavy atom. The van der Waals surface area contributed by atoms with Crippen molar-refractivity contribution in [3.05, 3.63) is 35.4 Å². The van der Waals surface area contributed by atoms with E-state index in [0.29, 0.717) is 0 Å². The van der Waals surface area contributed by atoms with Crippen LogP contribution >= 0.6 is 7.72 Å². The van der Waals surface area contributed by atoms with E-state index in [-0.39, 0.29) is 17.5 Å². The molecule has 0 saturated heterocycles. The van der Waals surface area contributed by atoms with Crippen molar-refractivity contribution in [3.63, 3.8) is 0 Å². The second-order valence-corrected chi connectivity index (χ2v) is 6.66. The van der Waals surface area contributed by atoms with Gasteiger partial charge in [0, 0.05) is 6.42 Å². The van der Waals surface area contributed by atoms with Crippen LogP contribution in [0.3, 0.4) is 0 Å². The van der Waals surface area contributed by atoms with Gasteiger partial charge in [0.2, 0.25) is 0 Å². The summed E-state index contributed by atoms with van der Waals surface area (Å²) in [6.07, 6.45) is -0.829. The molecule has 0 bridgehead atoms. The van der Waals surface area contributed by atoms with Crippen molar-refractivity contribution in [3.8, 4) is 0 Å². The summed E-state index contributed by atoms with van der Waals surface area (Å²) in [6.45, 7) is 0. The molecule has 0 fully saturated rings. The third-order valence-electron chi connectivity index (χ3n) is 2.78. The molecule has 0 spiro atoms. The van der Waals surface area contributed by atoms with Crippen LogP contribution in [0.4, 0.5) is 0 Å². The minimum absolute atomic E-state index is 0.308. The Bertz CT molecular complexity index is 572. The van der Waals surface area contributed by atoms with Gasteiger partial charge in [-0.1, -0.05) is 12.1 Å². The summed E-state index contributed by atoms with van der Waals surface area (Å²) in [5, 5.41) is 17.6. The van der Waals surface area contributed by atoms with Crippen molar-refractivity contribution in [2.75, 3.05) is 6.16 Å². The quantitative estimate of drug-likeness (QED) is 0.445. The first-order valence-electron chi connectivity index (χ1n) is 5.86. The number of carbonyl (C=O) groups is 3. The van der Waals surface area contributed by atoms with Gasteiger partial charge in [-0.3, -0.25) is 4.79 Å². The lowest BCUT2D eigenvalue weighted by molar-refractivity contribution is -0.138. The molecule has 6 N–H and O–H groups in total. The van der Waals surface area contributed by atoms with Crippen molar-refractivity contribution in [1.82, 2.24) is 0 Å². The fourth-order valence-electron chi connectivity index (χ4n) is 1.59. The molecule has 0 aliphatic rings. The topological polar surface area (TPSA) is 158 Å². The van der Waals surface area contributed by atoms with E-state index >= 15 is 0 Å². The standard InChI is InChI=1S/C12H14NO7P/c13-9(11(16)17)5-6-21(19,20)12(18)8-4-2-1-3-7(8)10(14)15/h1-4,9,19-20H,5-6,13H2,(H-,14,15,16,17)/p+1/t9-/m0/s1. The number of carbonyl (C=O) groups excluding carboxylic acids is 1. The van der Waals surface area contributed by atoms with Crippen molar-refractivity contribution in [2.45, 2.75) is 12.5 Å². The van der Waals surface area contributed by atoms with Crippen LogP contribution in [0.15, 0.2) is 24.3 Å². The predicted molar refractivity (Wildman–Crippen MR) is 74.2 cm³/mol. The first-order valence-corrected chi connectivity index (χ1v) is 7.74. The lowest BCUT2D eigenvalue weighted by atomic mass is 10.1. The molecule has 1 rings (SSSR count). The molecule has 21 heavy (non-hydrogen) atoms. The predicted octanol–water partition coefficient (Wildman–Crippen LogP) is 0.159. The molecule has 0 unspecified atom stereocenters. The number of hydrogen-bond donors (Lipinski definition) is 5. The van der Waals surface area contributed by atoms with Gasteiger partial charge >= 0.3 is 25.2 Å². The van der Waals surface area contributed by atoms with E-state index in [1.54, 1.807) is 0 Å². The molecule has 0 aromatic heterocycles. The van der Waals surface area contributed by atoms with Gasteiger partial charge in [0.25, 0.3) is 0 Å². The Balaban J connectivity index is 2.96. The van der Waals surface area contributed by atoms with Crippen molar-refractivity contribution in [2.24, 2.45) is 5.73 Å². The number of benzene rings is 1. The Labute approximate surface area is 120 Å². The second kappa shape index (κ2) is 6.73. The fourth-order valence-corrected chi connectivity index (χ4v) is 3.02. The molecule has 1 aromatic carbocycles. The molecule has 0 radical (unpaired) electrons. The van der Waals surface area contributed by atoms with Crippen LogP contribution in [0.25, 0.3) is 0 Å². The van der Waals surface area contributed by atoms with E-state index in [1.807, 2.05) is 0 Å². The van der Waals surface area contributed by atoms with Gasteiger partial charge in [0.1, 0.15) is 12.2 Å². The van der Waals surface area contributed by atoms with Crippen LogP contribution in [0.5, 0.6) is 0 Å². The lowest BCUT2D eigenvalue weighted by Gasteiger charge is -2.13. The van der Waals surface area contributed by atoms with Gasteiger partial charge in [-0.05, 0) is 12.1 Å². The third-order valence-corrected chi connectivity index (χ3v) is 4.56. The highest BCUT2D eigenvalue weighted by Crippen LogP contribution is 2.53. The first kappa shape index (κ1) is 17.2. The molecule has 1 aromatic rings. The number of hydrogen-bond acceptors (Lipinski definition) is 6. The van der Waals surface area contributed by atoms with Gasteiger partial charge in [-0.2, -0.15) is 0 Å². The Morgan fingerprint density at radius 3 is 2.10 bits per heavy atom. The van der Waals surface area contributed by atoms with Crippen molar-refractivity contribution >= 4 is 25.2 Å². The van der Waals surface area contributed by atoms with Crippen LogP contribution in [0.1, 0.15) is 27.1 Å². The van der Waals surface area contributed by atoms with Crippen LogP contribution < -0.4 is 5.73 Å². The molecule has 0 aliphatic carbocycles. The molecular formula is C12H15NO7P+. The minimum Gasteiger partial charge on any atom is -0.480 e. The average molecular weight is 316 g/mol. The average Bonchev–Trinajstić information content (AvgIpc) is 2.43. The highest BCUT2D eigenvalue weighted by molar-refractivity contribution is 7.81. The third kappa shape index (κ3) is 4.30. The van der Waals surface area contributed by atoms with Crippen LogP contribution in [-0.4, -0.2) is 49.7 Å². The largest absolute Gasteiger partial charge is 0.480 e. The SMILES string of the molecule is N[C@@H](CC[P+](O)(O)C(=O)c1ccccc1C(=O)O)C(=O)O. The van der Waals surface area contributed by atoms with Crippen molar-refractivity contribution < 1.29 is 34.4 Å². The van der Waals surface area contributed by atoms with E-state index in [2.05, 4.69) is 0 Å². The van der Waals surface area contributed by atoms with Gasteiger partial charge in [0.05, 0.1) is 11.1 Å². The van der Waals surface area contributed by atoms with Crippen LogP contribution in [-0.2, 0) is 4.79 Å². The van der Waals surface area contributed by atoms with E-state index in [4.69, 9.17) is 15.9 Å². The molecule has 0 amide bonds. The Hall–Kier alpha value is -1.86. The van der Waals surface area contributed by atoms with E-state index in [9.17, 15) is 24.2 Å². The summed E-state index contributed by atoms with van der Waals surface area (Å²) in [5.74, 6) is -2.70. The van der Waals surface area contributed by atoms with E-state index in [1.165, 1.54) is 24.3 Å². The number of carboxylic acids is 2. The number of aliphatic carboxylic acids is 1. The summed E-state index contributed by atoms with van der Waals surface area (Å²) in [6, 6.07) is 3.80. The minimum atomic E-state index is -4.16. The summed E-state index contributed by atoms with van der Waals surface area (Å²) < 4.78 is 0. The summed E-state index contributed by atoms with van der Waals surface area (Å²) >= 11 is 0. The molecular weight excluding hydrogens is 301 g/mol. The molecule has 0 heterocycles. The van der Waals surface area contributed by atoms with Crippen LogP contribution in [0, 0.1) is 0 Å². The Kier molecular flexibility index (Phi) is 5.51. The molecule has 0 aliphatic heterocycles. The zero-order valence-electron chi connectivity index (χ0n) is 10.8. The zero-order valence-corrected chi connectivity index (χ0v) is 11.7. The number of aromatic carboxylic acids is 1. The summed E-state index contributed by atoms with van der Waals surface area (Å²) in [4.78, 5) is 53.3. The van der Waals surface area contributed by atoms with Gasteiger partial charge in [0.15, 0.2) is 0 Å². The zero-order chi connectivity index (χ0) is 16.2. The maximum absolute atomic E-state index is 12.1. The molecule has 9 heteroatoms. The molecule has 1 atom stereocenters.